The number of carbonyl (C=O) groups is 1. The number of halogens is 1. The highest BCUT2D eigenvalue weighted by molar-refractivity contribution is 9.10. The van der Waals surface area contributed by atoms with Crippen LogP contribution in [0.3, 0.4) is 0 Å². The maximum Gasteiger partial charge on any atom is 0.311 e. The van der Waals surface area contributed by atoms with Gasteiger partial charge in [0.15, 0.2) is 4.73 Å². The summed E-state index contributed by atoms with van der Waals surface area (Å²) in [5.74, 6) is -0.270. The molecule has 4 nitrogen and oxygen atoms in total. The van der Waals surface area contributed by atoms with Gasteiger partial charge >= 0.3 is 5.97 Å². The molecule has 0 saturated heterocycles. The number of nitrogens with zero attached hydrogens (tertiary/aromatic N) is 2. The van der Waals surface area contributed by atoms with Crippen LogP contribution >= 0.6 is 15.9 Å². The van der Waals surface area contributed by atoms with E-state index in [-0.39, 0.29) is 12.4 Å². The second-order valence-electron chi connectivity index (χ2n) is 2.30. The van der Waals surface area contributed by atoms with Crippen molar-refractivity contribution in [1.82, 2.24) is 9.97 Å². The van der Waals surface area contributed by atoms with Crippen molar-refractivity contribution in [2.45, 2.75) is 13.3 Å². The summed E-state index contributed by atoms with van der Waals surface area (Å²) in [6.07, 6.45) is 1.78. The van der Waals surface area contributed by atoms with Gasteiger partial charge in [-0.1, -0.05) is 0 Å². The van der Waals surface area contributed by atoms with Crippen LogP contribution < -0.4 is 0 Å². The minimum absolute atomic E-state index is 0.189. The molecule has 0 aliphatic rings. The van der Waals surface area contributed by atoms with Gasteiger partial charge in [0.05, 0.1) is 18.7 Å². The number of ether oxygens (including phenoxy) is 1. The van der Waals surface area contributed by atoms with Crippen LogP contribution in [0, 0.1) is 0 Å². The minimum atomic E-state index is -0.270. The molecular formula is C8H9BrN2O2. The van der Waals surface area contributed by atoms with Gasteiger partial charge in [-0.05, 0) is 28.9 Å². The first-order valence-corrected chi connectivity index (χ1v) is 4.64. The Morgan fingerprint density at radius 1 is 1.69 bits per heavy atom. The van der Waals surface area contributed by atoms with E-state index in [2.05, 4.69) is 25.9 Å². The zero-order valence-electron chi connectivity index (χ0n) is 7.16. The van der Waals surface area contributed by atoms with E-state index in [0.717, 1.165) is 0 Å². The van der Waals surface area contributed by atoms with E-state index in [4.69, 9.17) is 4.74 Å². The molecule has 1 rings (SSSR count). The van der Waals surface area contributed by atoms with Crippen LogP contribution in [0.25, 0.3) is 0 Å². The highest BCUT2D eigenvalue weighted by atomic mass is 79.9. The first-order valence-electron chi connectivity index (χ1n) is 3.85. The lowest BCUT2D eigenvalue weighted by Gasteiger charge is -2.00. The third-order valence-electron chi connectivity index (χ3n) is 1.31. The SMILES string of the molecule is CCOC(=O)Cc1ccnc(Br)n1. The van der Waals surface area contributed by atoms with Crippen molar-refractivity contribution in [3.63, 3.8) is 0 Å². The lowest BCUT2D eigenvalue weighted by molar-refractivity contribution is -0.142. The Balaban J connectivity index is 2.58. The van der Waals surface area contributed by atoms with Crippen molar-refractivity contribution in [2.24, 2.45) is 0 Å². The van der Waals surface area contributed by atoms with Crippen LogP contribution in [-0.2, 0) is 16.0 Å². The molecule has 5 heteroatoms. The summed E-state index contributed by atoms with van der Waals surface area (Å²) in [4.78, 5) is 18.9. The van der Waals surface area contributed by atoms with Gasteiger partial charge in [0.25, 0.3) is 0 Å². The molecule has 0 atom stereocenters. The summed E-state index contributed by atoms with van der Waals surface area (Å²) in [5, 5.41) is 0. The molecule has 13 heavy (non-hydrogen) atoms. The first-order chi connectivity index (χ1) is 6.22. The Kier molecular flexibility index (Phi) is 3.82. The molecule has 0 unspecified atom stereocenters. The summed E-state index contributed by atoms with van der Waals surface area (Å²) < 4.78 is 5.25. The van der Waals surface area contributed by atoms with Gasteiger partial charge in [0.1, 0.15) is 0 Å². The quantitative estimate of drug-likeness (QED) is 0.595. The van der Waals surface area contributed by atoms with Crippen molar-refractivity contribution >= 4 is 21.9 Å². The van der Waals surface area contributed by atoms with Crippen LogP contribution in [-0.4, -0.2) is 22.5 Å². The van der Waals surface area contributed by atoms with Crippen LogP contribution in [0.4, 0.5) is 0 Å². The minimum Gasteiger partial charge on any atom is -0.466 e. The lowest BCUT2D eigenvalue weighted by atomic mass is 10.3. The average Bonchev–Trinajstić information content (AvgIpc) is 2.04. The molecule has 0 spiro atoms. The summed E-state index contributed by atoms with van der Waals surface area (Å²) in [5.41, 5.74) is 0.653. The van der Waals surface area contributed by atoms with Crippen molar-refractivity contribution < 1.29 is 9.53 Å². The van der Waals surface area contributed by atoms with Crippen molar-refractivity contribution in [1.29, 1.82) is 0 Å². The van der Waals surface area contributed by atoms with Crippen molar-refractivity contribution in [3.05, 3.63) is 22.7 Å². The number of esters is 1. The second-order valence-corrected chi connectivity index (χ2v) is 3.01. The van der Waals surface area contributed by atoms with Crippen LogP contribution in [0.1, 0.15) is 12.6 Å². The van der Waals surface area contributed by atoms with Gasteiger partial charge in [-0.3, -0.25) is 4.79 Å². The van der Waals surface area contributed by atoms with Crippen molar-refractivity contribution in [3.8, 4) is 0 Å². The predicted octanol–water partition coefficient (Wildman–Crippen LogP) is 1.34. The topological polar surface area (TPSA) is 52.1 Å². The number of hydrogen-bond donors (Lipinski definition) is 0. The molecule has 70 valence electrons. The zero-order chi connectivity index (χ0) is 9.68. The van der Waals surface area contributed by atoms with Gasteiger partial charge in [-0.2, -0.15) is 0 Å². The second kappa shape index (κ2) is 4.91. The number of aromatic nitrogens is 2. The molecule has 0 aliphatic heterocycles. The summed E-state index contributed by atoms with van der Waals surface area (Å²) in [6.45, 7) is 2.17. The van der Waals surface area contributed by atoms with Gasteiger partial charge in [-0.25, -0.2) is 9.97 Å². The Labute approximate surface area is 84.5 Å². The molecule has 1 aromatic heterocycles. The highest BCUT2D eigenvalue weighted by Gasteiger charge is 2.05. The summed E-state index contributed by atoms with van der Waals surface area (Å²) in [6, 6.07) is 1.68. The Hall–Kier alpha value is -0.970. The smallest absolute Gasteiger partial charge is 0.311 e. The van der Waals surface area contributed by atoms with Crippen LogP contribution in [0.15, 0.2) is 17.0 Å². The molecular weight excluding hydrogens is 236 g/mol. The molecule has 0 amide bonds. The number of rotatable bonds is 3. The van der Waals surface area contributed by atoms with E-state index < -0.39 is 0 Å². The fourth-order valence-electron chi connectivity index (χ4n) is 0.828. The molecule has 0 N–H and O–H groups in total. The zero-order valence-corrected chi connectivity index (χ0v) is 8.74. The third-order valence-corrected chi connectivity index (χ3v) is 1.70. The van der Waals surface area contributed by atoms with Gasteiger partial charge in [0, 0.05) is 6.20 Å². The maximum absolute atomic E-state index is 11.0. The Morgan fingerprint density at radius 2 is 2.46 bits per heavy atom. The summed E-state index contributed by atoms with van der Waals surface area (Å²) >= 11 is 3.12. The monoisotopic (exact) mass is 244 g/mol. The van der Waals surface area contributed by atoms with E-state index in [1.807, 2.05) is 0 Å². The van der Waals surface area contributed by atoms with Crippen LogP contribution in [0.5, 0.6) is 0 Å². The predicted molar refractivity (Wildman–Crippen MR) is 50.1 cm³/mol. The molecule has 0 aliphatic carbocycles. The standard InChI is InChI=1S/C8H9BrN2O2/c1-2-13-7(12)5-6-3-4-10-8(9)11-6/h3-4H,2,5H2,1H3. The maximum atomic E-state index is 11.0. The number of carbonyl (C=O) groups excluding carboxylic acids is 1. The number of hydrogen-bond acceptors (Lipinski definition) is 4. The van der Waals surface area contributed by atoms with Gasteiger partial charge in [-0.15, -0.1) is 0 Å². The largest absolute Gasteiger partial charge is 0.466 e. The fourth-order valence-corrected chi connectivity index (χ4v) is 1.17. The Bertz CT molecular complexity index is 304. The molecule has 0 aromatic carbocycles. The van der Waals surface area contributed by atoms with Gasteiger partial charge < -0.3 is 4.74 Å². The van der Waals surface area contributed by atoms with E-state index in [1.165, 1.54) is 0 Å². The fraction of sp³-hybridized carbons (Fsp3) is 0.375. The normalized spacial score (nSPS) is 9.69. The van der Waals surface area contributed by atoms with Crippen molar-refractivity contribution in [2.75, 3.05) is 6.61 Å². The molecule has 0 fully saturated rings. The highest BCUT2D eigenvalue weighted by Crippen LogP contribution is 2.03. The average molecular weight is 245 g/mol. The van der Waals surface area contributed by atoms with E-state index in [1.54, 1.807) is 19.2 Å². The summed E-state index contributed by atoms with van der Waals surface area (Å²) in [7, 11) is 0. The molecule has 0 radical (unpaired) electrons. The molecule has 0 bridgehead atoms. The Morgan fingerprint density at radius 3 is 3.08 bits per heavy atom. The molecule has 1 heterocycles. The lowest BCUT2D eigenvalue weighted by Crippen LogP contribution is -2.08. The van der Waals surface area contributed by atoms with Gasteiger partial charge in [0.2, 0.25) is 0 Å². The van der Waals surface area contributed by atoms with E-state index in [0.29, 0.717) is 17.0 Å². The first kappa shape index (κ1) is 10.1. The third kappa shape index (κ3) is 3.50. The molecule has 0 saturated carbocycles. The molecule has 1 aromatic rings. The van der Waals surface area contributed by atoms with E-state index in [9.17, 15) is 4.79 Å². The van der Waals surface area contributed by atoms with Crippen LogP contribution in [0.2, 0.25) is 0 Å². The van der Waals surface area contributed by atoms with E-state index >= 15 is 0 Å².